The number of hydrogen-bond donors (Lipinski definition) is 2. The first-order chi connectivity index (χ1) is 9.16. The third-order valence-corrected chi connectivity index (χ3v) is 3.23. The molecule has 0 unspecified atom stereocenters. The van der Waals surface area contributed by atoms with Gasteiger partial charge in [-0.15, -0.1) is 0 Å². The van der Waals surface area contributed by atoms with E-state index >= 15 is 0 Å². The predicted octanol–water partition coefficient (Wildman–Crippen LogP) is 1.25. The number of carbonyl (C=O) groups excluding carboxylic acids is 1. The van der Waals surface area contributed by atoms with Crippen molar-refractivity contribution in [3.8, 4) is 0 Å². The fourth-order valence-electron chi connectivity index (χ4n) is 2.16. The standard InChI is InChI=1S/C13H13N3O3/c17-11(18)7-16(8-5-6-8)13(19)12-9-3-1-2-4-10(9)14-15-12/h1-4,8H,5-7H2,(H,14,15)(H,17,18). The summed E-state index contributed by atoms with van der Waals surface area (Å²) < 4.78 is 0. The number of fused-ring (bicyclic) bond motifs is 1. The fraction of sp³-hybridized carbons (Fsp3) is 0.308. The van der Waals surface area contributed by atoms with E-state index < -0.39 is 5.97 Å². The number of para-hydroxylation sites is 1. The molecular weight excluding hydrogens is 246 g/mol. The minimum Gasteiger partial charge on any atom is -0.480 e. The van der Waals surface area contributed by atoms with E-state index in [9.17, 15) is 9.59 Å². The Balaban J connectivity index is 1.95. The third kappa shape index (κ3) is 2.16. The molecule has 6 heteroatoms. The number of carbonyl (C=O) groups is 2. The number of nitrogens with one attached hydrogen (secondary N) is 1. The lowest BCUT2D eigenvalue weighted by atomic mass is 10.2. The number of rotatable bonds is 4. The number of carboxylic acid groups (broad SMARTS) is 1. The SMILES string of the molecule is O=C(O)CN(C(=O)c1n[nH]c2ccccc12)C1CC1. The van der Waals surface area contributed by atoms with Gasteiger partial charge in [0.25, 0.3) is 5.91 Å². The molecule has 1 fully saturated rings. The molecule has 2 aromatic rings. The van der Waals surface area contributed by atoms with Crippen molar-refractivity contribution in [2.24, 2.45) is 0 Å². The first-order valence-electron chi connectivity index (χ1n) is 6.12. The van der Waals surface area contributed by atoms with Gasteiger partial charge in [0.2, 0.25) is 0 Å². The summed E-state index contributed by atoms with van der Waals surface area (Å²) in [7, 11) is 0. The van der Waals surface area contributed by atoms with Crippen LogP contribution in [0.25, 0.3) is 10.9 Å². The van der Waals surface area contributed by atoms with E-state index in [4.69, 9.17) is 5.11 Å². The largest absolute Gasteiger partial charge is 0.480 e. The molecule has 2 N–H and O–H groups in total. The van der Waals surface area contributed by atoms with Crippen molar-refractivity contribution in [3.05, 3.63) is 30.0 Å². The number of hydrogen-bond acceptors (Lipinski definition) is 3. The van der Waals surface area contributed by atoms with Crippen molar-refractivity contribution < 1.29 is 14.7 Å². The molecule has 1 saturated carbocycles. The van der Waals surface area contributed by atoms with E-state index in [-0.39, 0.29) is 18.5 Å². The smallest absolute Gasteiger partial charge is 0.323 e. The van der Waals surface area contributed by atoms with Gasteiger partial charge in [-0.25, -0.2) is 0 Å². The Morgan fingerprint density at radius 1 is 1.37 bits per heavy atom. The van der Waals surface area contributed by atoms with Crippen molar-refractivity contribution in [1.82, 2.24) is 15.1 Å². The molecule has 1 aliphatic carbocycles. The van der Waals surface area contributed by atoms with E-state index in [0.717, 1.165) is 23.7 Å². The van der Waals surface area contributed by atoms with Gasteiger partial charge < -0.3 is 10.0 Å². The summed E-state index contributed by atoms with van der Waals surface area (Å²) in [4.78, 5) is 24.7. The number of nitrogens with zero attached hydrogens (tertiary/aromatic N) is 2. The molecule has 0 radical (unpaired) electrons. The Morgan fingerprint density at radius 2 is 2.11 bits per heavy atom. The van der Waals surface area contributed by atoms with Gasteiger partial charge >= 0.3 is 5.97 Å². The van der Waals surface area contributed by atoms with Crippen LogP contribution in [0.15, 0.2) is 24.3 Å². The molecule has 1 aromatic heterocycles. The zero-order valence-corrected chi connectivity index (χ0v) is 10.2. The predicted molar refractivity (Wildman–Crippen MR) is 67.8 cm³/mol. The van der Waals surface area contributed by atoms with Crippen molar-refractivity contribution in [1.29, 1.82) is 0 Å². The highest BCUT2D eigenvalue weighted by Gasteiger charge is 2.35. The highest BCUT2D eigenvalue weighted by Crippen LogP contribution is 2.29. The summed E-state index contributed by atoms with van der Waals surface area (Å²) >= 11 is 0. The Hall–Kier alpha value is -2.37. The number of H-pyrrole nitrogens is 1. The lowest BCUT2D eigenvalue weighted by molar-refractivity contribution is -0.137. The monoisotopic (exact) mass is 259 g/mol. The van der Waals surface area contributed by atoms with Crippen molar-refractivity contribution in [2.75, 3.05) is 6.54 Å². The van der Waals surface area contributed by atoms with E-state index in [0.29, 0.717) is 5.69 Å². The molecule has 0 bridgehead atoms. The van der Waals surface area contributed by atoms with Crippen LogP contribution in [0.4, 0.5) is 0 Å². The first-order valence-corrected chi connectivity index (χ1v) is 6.12. The van der Waals surface area contributed by atoms with Crippen molar-refractivity contribution in [2.45, 2.75) is 18.9 Å². The van der Waals surface area contributed by atoms with Gasteiger partial charge in [0.05, 0.1) is 5.52 Å². The number of amides is 1. The lowest BCUT2D eigenvalue weighted by Crippen LogP contribution is -2.37. The van der Waals surface area contributed by atoms with E-state index in [2.05, 4.69) is 10.2 Å². The van der Waals surface area contributed by atoms with Gasteiger partial charge in [-0.3, -0.25) is 14.7 Å². The van der Waals surface area contributed by atoms with Crippen LogP contribution < -0.4 is 0 Å². The zero-order valence-electron chi connectivity index (χ0n) is 10.2. The Kier molecular flexibility index (Phi) is 2.70. The molecule has 1 aliphatic rings. The number of aliphatic carboxylic acids is 1. The molecule has 0 spiro atoms. The number of aromatic nitrogens is 2. The first kappa shape index (κ1) is 11.7. The topological polar surface area (TPSA) is 86.3 Å². The molecule has 0 aliphatic heterocycles. The van der Waals surface area contributed by atoms with Crippen LogP contribution in [0.1, 0.15) is 23.3 Å². The van der Waals surface area contributed by atoms with E-state index in [1.807, 2.05) is 18.2 Å². The van der Waals surface area contributed by atoms with Gasteiger partial charge in [-0.05, 0) is 18.9 Å². The molecule has 1 heterocycles. The highest BCUT2D eigenvalue weighted by atomic mass is 16.4. The van der Waals surface area contributed by atoms with Gasteiger partial charge in [0, 0.05) is 11.4 Å². The maximum absolute atomic E-state index is 12.4. The molecule has 3 rings (SSSR count). The average Bonchev–Trinajstić information content (AvgIpc) is 3.14. The second-order valence-electron chi connectivity index (χ2n) is 4.68. The van der Waals surface area contributed by atoms with Crippen LogP contribution >= 0.6 is 0 Å². The summed E-state index contributed by atoms with van der Waals surface area (Å²) in [6.07, 6.45) is 1.72. The summed E-state index contributed by atoms with van der Waals surface area (Å²) in [6.45, 7) is -0.273. The molecule has 1 amide bonds. The maximum Gasteiger partial charge on any atom is 0.323 e. The van der Waals surface area contributed by atoms with E-state index in [1.165, 1.54) is 4.90 Å². The van der Waals surface area contributed by atoms with Crippen LogP contribution in [0.3, 0.4) is 0 Å². The molecule has 0 saturated heterocycles. The quantitative estimate of drug-likeness (QED) is 0.865. The van der Waals surface area contributed by atoms with Gasteiger partial charge in [-0.2, -0.15) is 5.10 Å². The zero-order chi connectivity index (χ0) is 13.4. The van der Waals surface area contributed by atoms with Crippen molar-refractivity contribution in [3.63, 3.8) is 0 Å². The summed E-state index contributed by atoms with van der Waals surface area (Å²) in [5, 5.41) is 16.4. The highest BCUT2D eigenvalue weighted by molar-refractivity contribution is 6.05. The molecule has 98 valence electrons. The molecular formula is C13H13N3O3. The van der Waals surface area contributed by atoms with Crippen LogP contribution in [0.5, 0.6) is 0 Å². The maximum atomic E-state index is 12.4. The fourth-order valence-corrected chi connectivity index (χ4v) is 2.16. The number of benzene rings is 1. The minimum atomic E-state index is -1.000. The van der Waals surface area contributed by atoms with Crippen LogP contribution in [0.2, 0.25) is 0 Å². The summed E-state index contributed by atoms with van der Waals surface area (Å²) in [5.41, 5.74) is 1.07. The van der Waals surface area contributed by atoms with Gasteiger partial charge in [0.15, 0.2) is 5.69 Å². The minimum absolute atomic E-state index is 0.0408. The molecule has 1 aromatic carbocycles. The number of carboxylic acids is 1. The second kappa shape index (κ2) is 4.38. The van der Waals surface area contributed by atoms with Gasteiger partial charge in [0.1, 0.15) is 6.54 Å². The average molecular weight is 259 g/mol. The second-order valence-corrected chi connectivity index (χ2v) is 4.68. The third-order valence-electron chi connectivity index (χ3n) is 3.23. The lowest BCUT2D eigenvalue weighted by Gasteiger charge is -2.18. The normalized spacial score (nSPS) is 14.5. The molecule has 19 heavy (non-hydrogen) atoms. The van der Waals surface area contributed by atoms with Crippen LogP contribution in [0, 0.1) is 0 Å². The van der Waals surface area contributed by atoms with E-state index in [1.54, 1.807) is 6.07 Å². The number of aromatic amines is 1. The van der Waals surface area contributed by atoms with Crippen LogP contribution in [-0.2, 0) is 4.79 Å². The Bertz CT molecular complexity index is 645. The van der Waals surface area contributed by atoms with Gasteiger partial charge in [-0.1, -0.05) is 18.2 Å². The van der Waals surface area contributed by atoms with Crippen LogP contribution in [-0.4, -0.2) is 44.7 Å². The summed E-state index contributed by atoms with van der Waals surface area (Å²) in [5.74, 6) is -1.32. The molecule has 0 atom stereocenters. The molecule has 6 nitrogen and oxygen atoms in total. The Labute approximate surface area is 109 Å². The summed E-state index contributed by atoms with van der Waals surface area (Å²) in [6, 6.07) is 7.35. The van der Waals surface area contributed by atoms with Crippen molar-refractivity contribution >= 4 is 22.8 Å². The Morgan fingerprint density at radius 3 is 2.79 bits per heavy atom.